The number of hydrogen-bond acceptors (Lipinski definition) is 3. The third kappa shape index (κ3) is 3.20. The van der Waals surface area contributed by atoms with E-state index in [-0.39, 0.29) is 5.60 Å². The Kier molecular flexibility index (Phi) is 3.40. The molecule has 1 saturated heterocycles. The summed E-state index contributed by atoms with van der Waals surface area (Å²) in [6, 6.07) is 6.29. The summed E-state index contributed by atoms with van der Waals surface area (Å²) in [5.74, 6) is 0. The van der Waals surface area contributed by atoms with Gasteiger partial charge in [-0.1, -0.05) is 12.1 Å². The molecule has 1 fully saturated rings. The Bertz CT molecular complexity index is 401. The fourth-order valence-corrected chi connectivity index (χ4v) is 2.34. The zero-order chi connectivity index (χ0) is 12.5. The first-order valence-electron chi connectivity index (χ1n) is 6.18. The van der Waals surface area contributed by atoms with Crippen LogP contribution in [0.2, 0.25) is 0 Å². The van der Waals surface area contributed by atoms with Gasteiger partial charge in [-0.25, -0.2) is 0 Å². The van der Waals surface area contributed by atoms with Crippen LogP contribution in [0.15, 0.2) is 18.2 Å². The molecule has 0 bridgehead atoms. The number of anilines is 1. The second kappa shape index (κ2) is 4.67. The summed E-state index contributed by atoms with van der Waals surface area (Å²) < 4.78 is 5.71. The number of morpholine rings is 1. The highest BCUT2D eigenvalue weighted by Crippen LogP contribution is 2.20. The van der Waals surface area contributed by atoms with Crippen molar-refractivity contribution in [2.24, 2.45) is 0 Å². The van der Waals surface area contributed by atoms with E-state index < -0.39 is 0 Å². The average molecular weight is 234 g/mol. The molecule has 3 heteroatoms. The van der Waals surface area contributed by atoms with Gasteiger partial charge in [-0.3, -0.25) is 4.90 Å². The van der Waals surface area contributed by atoms with Crippen molar-refractivity contribution in [3.8, 4) is 0 Å². The van der Waals surface area contributed by atoms with E-state index in [1.165, 1.54) is 5.56 Å². The van der Waals surface area contributed by atoms with Crippen molar-refractivity contribution < 1.29 is 4.74 Å². The zero-order valence-corrected chi connectivity index (χ0v) is 11.0. The predicted octanol–water partition coefficient (Wildman–Crippen LogP) is 2.19. The highest BCUT2D eigenvalue weighted by atomic mass is 16.5. The average Bonchev–Trinajstić information content (AvgIpc) is 2.22. The van der Waals surface area contributed by atoms with Crippen LogP contribution < -0.4 is 5.73 Å². The molecule has 3 nitrogen and oxygen atoms in total. The van der Waals surface area contributed by atoms with Gasteiger partial charge in [0.25, 0.3) is 0 Å². The van der Waals surface area contributed by atoms with Crippen molar-refractivity contribution in [2.75, 3.05) is 25.4 Å². The second-order valence-electron chi connectivity index (χ2n) is 5.51. The largest absolute Gasteiger partial charge is 0.399 e. The quantitative estimate of drug-likeness (QED) is 0.797. The standard InChI is InChI=1S/C14H22N2O/c1-11-8-12(4-5-13(11)15)9-16-6-7-17-14(2,3)10-16/h4-5,8H,6-7,9-10,15H2,1-3H3. The van der Waals surface area contributed by atoms with E-state index in [0.29, 0.717) is 0 Å². The molecule has 1 aliphatic rings. The highest BCUT2D eigenvalue weighted by molar-refractivity contribution is 5.47. The van der Waals surface area contributed by atoms with Crippen molar-refractivity contribution in [1.29, 1.82) is 0 Å². The van der Waals surface area contributed by atoms with Crippen LogP contribution in [0.5, 0.6) is 0 Å². The molecular formula is C14H22N2O. The summed E-state index contributed by atoms with van der Waals surface area (Å²) in [4.78, 5) is 2.44. The maximum atomic E-state index is 5.83. The summed E-state index contributed by atoms with van der Waals surface area (Å²) in [5, 5.41) is 0. The molecule has 94 valence electrons. The van der Waals surface area contributed by atoms with Crippen LogP contribution in [-0.2, 0) is 11.3 Å². The van der Waals surface area contributed by atoms with Gasteiger partial charge in [0.05, 0.1) is 12.2 Å². The lowest BCUT2D eigenvalue weighted by molar-refractivity contribution is -0.0882. The SMILES string of the molecule is Cc1cc(CN2CCOC(C)(C)C2)ccc1N. The number of ether oxygens (including phenoxy) is 1. The molecule has 1 heterocycles. The van der Waals surface area contributed by atoms with E-state index in [4.69, 9.17) is 10.5 Å². The fourth-order valence-electron chi connectivity index (χ4n) is 2.34. The summed E-state index contributed by atoms with van der Waals surface area (Å²) in [6.07, 6.45) is 0. The number of aryl methyl sites for hydroxylation is 1. The number of nitrogens with two attached hydrogens (primary N) is 1. The van der Waals surface area contributed by atoms with Crippen molar-refractivity contribution >= 4 is 5.69 Å². The molecule has 2 N–H and O–H groups in total. The molecule has 1 aliphatic heterocycles. The maximum absolute atomic E-state index is 5.83. The molecular weight excluding hydrogens is 212 g/mol. The van der Waals surface area contributed by atoms with Gasteiger partial charge in [0.1, 0.15) is 0 Å². The molecule has 1 aromatic rings. The van der Waals surface area contributed by atoms with Gasteiger partial charge < -0.3 is 10.5 Å². The molecule has 0 atom stereocenters. The smallest absolute Gasteiger partial charge is 0.0753 e. The molecule has 0 amide bonds. The Morgan fingerprint density at radius 2 is 2.18 bits per heavy atom. The minimum absolute atomic E-state index is 0.0267. The van der Waals surface area contributed by atoms with E-state index >= 15 is 0 Å². The monoisotopic (exact) mass is 234 g/mol. The number of benzene rings is 1. The van der Waals surface area contributed by atoms with Crippen LogP contribution in [0, 0.1) is 6.92 Å². The molecule has 2 rings (SSSR count). The van der Waals surface area contributed by atoms with Gasteiger partial charge in [0.15, 0.2) is 0 Å². The van der Waals surface area contributed by atoms with Gasteiger partial charge in [0, 0.05) is 25.3 Å². The van der Waals surface area contributed by atoms with Gasteiger partial charge in [-0.05, 0) is 38.0 Å². The van der Waals surface area contributed by atoms with Crippen molar-refractivity contribution in [3.63, 3.8) is 0 Å². The van der Waals surface area contributed by atoms with Crippen molar-refractivity contribution in [3.05, 3.63) is 29.3 Å². The summed E-state index contributed by atoms with van der Waals surface area (Å²) in [6.45, 7) is 10.1. The third-order valence-electron chi connectivity index (χ3n) is 3.25. The van der Waals surface area contributed by atoms with Crippen LogP contribution in [0.4, 0.5) is 5.69 Å². The number of rotatable bonds is 2. The van der Waals surface area contributed by atoms with Crippen LogP contribution in [0.1, 0.15) is 25.0 Å². The summed E-state index contributed by atoms with van der Waals surface area (Å²) in [7, 11) is 0. The van der Waals surface area contributed by atoms with E-state index in [1.807, 2.05) is 6.07 Å². The second-order valence-corrected chi connectivity index (χ2v) is 5.51. The van der Waals surface area contributed by atoms with E-state index in [1.54, 1.807) is 0 Å². The van der Waals surface area contributed by atoms with Crippen LogP contribution in [0.25, 0.3) is 0 Å². The van der Waals surface area contributed by atoms with Crippen LogP contribution in [-0.4, -0.2) is 30.2 Å². The van der Waals surface area contributed by atoms with Crippen molar-refractivity contribution in [2.45, 2.75) is 32.9 Å². The van der Waals surface area contributed by atoms with Gasteiger partial charge in [0.2, 0.25) is 0 Å². The number of nitrogen functional groups attached to an aromatic ring is 1. The topological polar surface area (TPSA) is 38.5 Å². The Morgan fingerprint density at radius 1 is 1.41 bits per heavy atom. The van der Waals surface area contributed by atoms with E-state index in [9.17, 15) is 0 Å². The maximum Gasteiger partial charge on any atom is 0.0753 e. The van der Waals surface area contributed by atoms with E-state index in [2.05, 4.69) is 37.8 Å². The van der Waals surface area contributed by atoms with Crippen LogP contribution >= 0.6 is 0 Å². The van der Waals surface area contributed by atoms with Gasteiger partial charge in [-0.2, -0.15) is 0 Å². The van der Waals surface area contributed by atoms with Crippen molar-refractivity contribution in [1.82, 2.24) is 4.90 Å². The third-order valence-corrected chi connectivity index (χ3v) is 3.25. The molecule has 0 aromatic heterocycles. The first-order valence-corrected chi connectivity index (χ1v) is 6.18. The van der Waals surface area contributed by atoms with Crippen LogP contribution in [0.3, 0.4) is 0 Å². The Balaban J connectivity index is 2.03. The lowest BCUT2D eigenvalue weighted by Gasteiger charge is -2.38. The lowest BCUT2D eigenvalue weighted by atomic mass is 10.1. The molecule has 0 radical (unpaired) electrons. The summed E-state index contributed by atoms with van der Waals surface area (Å²) >= 11 is 0. The fraction of sp³-hybridized carbons (Fsp3) is 0.571. The molecule has 1 aromatic carbocycles. The predicted molar refractivity (Wildman–Crippen MR) is 70.9 cm³/mol. The Labute approximate surface area is 104 Å². The lowest BCUT2D eigenvalue weighted by Crippen LogP contribution is -2.47. The minimum atomic E-state index is -0.0267. The molecule has 0 spiro atoms. The summed E-state index contributed by atoms with van der Waals surface area (Å²) in [5.41, 5.74) is 9.17. The van der Waals surface area contributed by atoms with E-state index in [0.717, 1.165) is 37.5 Å². The number of nitrogens with zero attached hydrogens (tertiary/aromatic N) is 1. The normalized spacial score (nSPS) is 20.4. The molecule has 0 unspecified atom stereocenters. The minimum Gasteiger partial charge on any atom is -0.399 e. The first kappa shape index (κ1) is 12.4. The zero-order valence-electron chi connectivity index (χ0n) is 11.0. The molecule has 0 aliphatic carbocycles. The number of hydrogen-bond donors (Lipinski definition) is 1. The van der Waals surface area contributed by atoms with Gasteiger partial charge in [-0.15, -0.1) is 0 Å². The molecule has 17 heavy (non-hydrogen) atoms. The Morgan fingerprint density at radius 3 is 2.82 bits per heavy atom. The van der Waals surface area contributed by atoms with Gasteiger partial charge >= 0.3 is 0 Å². The Hall–Kier alpha value is -1.06. The first-order chi connectivity index (χ1) is 7.96. The highest BCUT2D eigenvalue weighted by Gasteiger charge is 2.26. The molecule has 0 saturated carbocycles.